The van der Waals surface area contributed by atoms with Gasteiger partial charge < -0.3 is 0 Å². The van der Waals surface area contributed by atoms with Gasteiger partial charge in [-0.05, 0) is 63.6 Å². The van der Waals surface area contributed by atoms with Crippen molar-refractivity contribution in [2.24, 2.45) is 0 Å². The number of piperidine rings is 1. The fraction of sp³-hybridized carbons (Fsp3) is 0.333. The van der Waals surface area contributed by atoms with Gasteiger partial charge in [-0.25, -0.2) is 0 Å². The van der Waals surface area contributed by atoms with Crippen molar-refractivity contribution >= 4 is 22.6 Å². The van der Waals surface area contributed by atoms with Gasteiger partial charge in [-0.2, -0.15) is 0 Å². The van der Waals surface area contributed by atoms with Crippen LogP contribution in [0, 0.1) is 3.57 Å². The quantitative estimate of drug-likeness (QED) is 0.705. The van der Waals surface area contributed by atoms with Crippen LogP contribution in [0.15, 0.2) is 48.5 Å². The minimum Gasteiger partial charge on any atom is -0.298 e. The van der Waals surface area contributed by atoms with Crippen LogP contribution < -0.4 is 0 Å². The summed E-state index contributed by atoms with van der Waals surface area (Å²) in [7, 11) is 0. The van der Waals surface area contributed by atoms with Crippen LogP contribution in [-0.4, -0.2) is 18.0 Å². The fourth-order valence-electron chi connectivity index (χ4n) is 3.94. The molecular weight excluding hydrogens is 357 g/mol. The topological polar surface area (TPSA) is 3.24 Å². The van der Waals surface area contributed by atoms with E-state index in [1.165, 1.54) is 28.6 Å². The number of halogens is 1. The molecule has 0 saturated carbocycles. The minimum absolute atomic E-state index is 0.751. The third-order valence-electron chi connectivity index (χ3n) is 4.71. The highest BCUT2D eigenvalue weighted by molar-refractivity contribution is 14.1. The molecular formula is C18H18IN. The number of fused-ring (bicyclic) bond motifs is 5. The molecule has 2 unspecified atom stereocenters. The summed E-state index contributed by atoms with van der Waals surface area (Å²) in [5, 5.41) is 0. The van der Waals surface area contributed by atoms with E-state index in [1.807, 2.05) is 0 Å². The molecule has 1 heterocycles. The first-order valence-corrected chi connectivity index (χ1v) is 8.44. The van der Waals surface area contributed by atoms with Crippen molar-refractivity contribution in [3.63, 3.8) is 0 Å². The van der Waals surface area contributed by atoms with Crippen molar-refractivity contribution < 1.29 is 0 Å². The lowest BCUT2D eigenvalue weighted by atomic mass is 9.95. The van der Waals surface area contributed by atoms with E-state index >= 15 is 0 Å². The first-order valence-electron chi connectivity index (χ1n) is 7.36. The summed E-state index contributed by atoms with van der Waals surface area (Å²) in [5.74, 6) is 1.50. The van der Waals surface area contributed by atoms with Gasteiger partial charge in [-0.15, -0.1) is 0 Å². The Morgan fingerprint density at radius 1 is 0.950 bits per heavy atom. The SMILES string of the molecule is Ic1cccc2c1C1CC2CN(Cc2ccccc2)C1. The molecule has 1 saturated heterocycles. The Morgan fingerprint density at radius 2 is 1.75 bits per heavy atom. The van der Waals surface area contributed by atoms with Gasteiger partial charge in [0.1, 0.15) is 0 Å². The van der Waals surface area contributed by atoms with Crippen LogP contribution >= 0.6 is 22.6 Å². The van der Waals surface area contributed by atoms with E-state index in [0.717, 1.165) is 18.4 Å². The van der Waals surface area contributed by atoms with E-state index in [0.29, 0.717) is 0 Å². The number of rotatable bonds is 2. The van der Waals surface area contributed by atoms with Crippen LogP contribution in [0.25, 0.3) is 0 Å². The fourth-order valence-corrected chi connectivity index (χ4v) is 4.90. The Labute approximate surface area is 134 Å². The first kappa shape index (κ1) is 12.8. The molecule has 2 heteroatoms. The van der Waals surface area contributed by atoms with E-state index < -0.39 is 0 Å². The highest BCUT2D eigenvalue weighted by Crippen LogP contribution is 2.47. The van der Waals surface area contributed by atoms with Crippen molar-refractivity contribution in [3.05, 3.63) is 68.8 Å². The Morgan fingerprint density at radius 3 is 2.60 bits per heavy atom. The molecule has 1 aliphatic heterocycles. The molecule has 0 aromatic heterocycles. The van der Waals surface area contributed by atoms with Gasteiger partial charge in [0.05, 0.1) is 0 Å². The molecule has 2 aliphatic rings. The summed E-state index contributed by atoms with van der Waals surface area (Å²) in [6.45, 7) is 3.54. The summed E-state index contributed by atoms with van der Waals surface area (Å²) < 4.78 is 1.47. The second-order valence-corrected chi connectivity index (χ2v) is 7.21. The van der Waals surface area contributed by atoms with Crippen LogP contribution in [0.3, 0.4) is 0 Å². The monoisotopic (exact) mass is 375 g/mol. The number of benzene rings is 2. The van der Waals surface area contributed by atoms with Gasteiger partial charge in [0.25, 0.3) is 0 Å². The third kappa shape index (κ3) is 2.19. The van der Waals surface area contributed by atoms with E-state index in [-0.39, 0.29) is 0 Å². The molecule has 0 radical (unpaired) electrons. The predicted octanol–water partition coefficient (Wildman–Crippen LogP) is 4.38. The zero-order valence-electron chi connectivity index (χ0n) is 11.4. The van der Waals surface area contributed by atoms with Crippen LogP contribution in [0.4, 0.5) is 0 Å². The van der Waals surface area contributed by atoms with Gasteiger partial charge in [0.15, 0.2) is 0 Å². The highest BCUT2D eigenvalue weighted by Gasteiger charge is 2.38. The zero-order valence-corrected chi connectivity index (χ0v) is 13.6. The maximum atomic E-state index is 2.64. The molecule has 0 spiro atoms. The average molecular weight is 375 g/mol. The predicted molar refractivity (Wildman–Crippen MR) is 91.0 cm³/mol. The Hall–Kier alpha value is -0.870. The van der Waals surface area contributed by atoms with Crippen molar-refractivity contribution in [2.45, 2.75) is 24.8 Å². The summed E-state index contributed by atoms with van der Waals surface area (Å²) in [5.41, 5.74) is 4.71. The number of nitrogens with zero attached hydrogens (tertiary/aromatic N) is 1. The molecule has 2 bridgehead atoms. The molecule has 2 aromatic rings. The van der Waals surface area contributed by atoms with E-state index in [4.69, 9.17) is 0 Å². The van der Waals surface area contributed by atoms with Crippen LogP contribution in [0.2, 0.25) is 0 Å². The minimum atomic E-state index is 0.751. The Kier molecular flexibility index (Phi) is 3.31. The number of likely N-dealkylation sites (tertiary alicyclic amines) is 1. The smallest absolute Gasteiger partial charge is 0.0234 e. The van der Waals surface area contributed by atoms with Crippen LogP contribution in [0.5, 0.6) is 0 Å². The maximum absolute atomic E-state index is 2.64. The van der Waals surface area contributed by atoms with E-state index in [2.05, 4.69) is 76.0 Å². The standard InChI is InChI=1S/C18H18IN/c19-17-8-4-7-16-14-9-15(18(16)17)12-20(11-14)10-13-5-2-1-3-6-13/h1-8,14-15H,9-12H2. The largest absolute Gasteiger partial charge is 0.298 e. The van der Waals surface area contributed by atoms with Gasteiger partial charge in [-0.3, -0.25) is 4.90 Å². The second-order valence-electron chi connectivity index (χ2n) is 6.05. The summed E-state index contributed by atoms with van der Waals surface area (Å²) in [4.78, 5) is 2.64. The Balaban J connectivity index is 1.58. The van der Waals surface area contributed by atoms with Gasteiger partial charge in [0.2, 0.25) is 0 Å². The van der Waals surface area contributed by atoms with E-state index in [9.17, 15) is 0 Å². The summed E-state index contributed by atoms with van der Waals surface area (Å²) in [6.07, 6.45) is 1.36. The van der Waals surface area contributed by atoms with Gasteiger partial charge >= 0.3 is 0 Å². The zero-order chi connectivity index (χ0) is 13.5. The van der Waals surface area contributed by atoms with E-state index in [1.54, 1.807) is 11.1 Å². The molecule has 0 amide bonds. The van der Waals surface area contributed by atoms with Gasteiger partial charge in [0, 0.05) is 23.2 Å². The van der Waals surface area contributed by atoms with Crippen molar-refractivity contribution in [3.8, 4) is 0 Å². The molecule has 2 atom stereocenters. The normalized spacial score (nSPS) is 24.6. The summed E-state index contributed by atoms with van der Waals surface area (Å²) in [6, 6.07) is 17.7. The lowest BCUT2D eigenvalue weighted by Crippen LogP contribution is -2.34. The first-order chi connectivity index (χ1) is 9.81. The molecule has 102 valence electrons. The molecule has 1 aliphatic carbocycles. The lowest BCUT2D eigenvalue weighted by Gasteiger charge is -2.32. The van der Waals surface area contributed by atoms with Crippen LogP contribution in [0.1, 0.15) is 34.9 Å². The highest BCUT2D eigenvalue weighted by atomic mass is 127. The third-order valence-corrected chi connectivity index (χ3v) is 5.65. The Bertz CT molecular complexity index is 623. The molecule has 1 fully saturated rings. The maximum Gasteiger partial charge on any atom is 0.0234 e. The number of hydrogen-bond acceptors (Lipinski definition) is 1. The lowest BCUT2D eigenvalue weighted by molar-refractivity contribution is 0.195. The van der Waals surface area contributed by atoms with Crippen molar-refractivity contribution in [1.82, 2.24) is 4.90 Å². The second kappa shape index (κ2) is 5.15. The molecule has 0 N–H and O–H groups in total. The van der Waals surface area contributed by atoms with Gasteiger partial charge in [-0.1, -0.05) is 42.5 Å². The molecule has 4 rings (SSSR count). The molecule has 2 aromatic carbocycles. The number of hydrogen-bond donors (Lipinski definition) is 0. The summed E-state index contributed by atoms with van der Waals surface area (Å²) >= 11 is 2.51. The molecule has 1 nitrogen and oxygen atoms in total. The molecule has 20 heavy (non-hydrogen) atoms. The average Bonchev–Trinajstić information content (AvgIpc) is 2.73. The van der Waals surface area contributed by atoms with Crippen molar-refractivity contribution in [1.29, 1.82) is 0 Å². The van der Waals surface area contributed by atoms with Crippen LogP contribution in [-0.2, 0) is 6.54 Å². The van der Waals surface area contributed by atoms with Crippen molar-refractivity contribution in [2.75, 3.05) is 13.1 Å².